The topological polar surface area (TPSA) is 88.2 Å². The molecule has 0 aliphatic heterocycles. The lowest BCUT2D eigenvalue weighted by atomic mass is 10.1. The molecule has 0 radical (unpaired) electrons. The van der Waals surface area contributed by atoms with Crippen LogP contribution in [0.1, 0.15) is 25.8 Å². The van der Waals surface area contributed by atoms with E-state index in [1.54, 1.807) is 36.2 Å². The third-order valence-electron chi connectivity index (χ3n) is 3.09. The number of oxime groups is 1. The molecule has 0 spiro atoms. The number of benzene rings is 1. The zero-order valence-electron chi connectivity index (χ0n) is 12.7. The number of nitrogens with zero attached hydrogens (tertiary/aromatic N) is 2. The smallest absolute Gasteiger partial charge is 0.260 e. The van der Waals surface area contributed by atoms with Gasteiger partial charge in [0, 0.05) is 13.6 Å². The third-order valence-corrected chi connectivity index (χ3v) is 3.09. The Morgan fingerprint density at radius 3 is 2.71 bits per heavy atom. The van der Waals surface area contributed by atoms with Crippen LogP contribution in [-0.2, 0) is 4.79 Å². The normalized spacial score (nSPS) is 11.5. The fourth-order valence-electron chi connectivity index (χ4n) is 1.68. The highest BCUT2D eigenvalue weighted by atomic mass is 16.5. The van der Waals surface area contributed by atoms with Crippen molar-refractivity contribution in [1.29, 1.82) is 0 Å². The van der Waals surface area contributed by atoms with Crippen molar-refractivity contribution in [2.45, 2.75) is 20.3 Å². The van der Waals surface area contributed by atoms with Crippen LogP contribution < -0.4 is 10.5 Å². The molecule has 1 amide bonds. The monoisotopic (exact) mass is 293 g/mol. The molecule has 0 atom stereocenters. The highest BCUT2D eigenvalue weighted by Gasteiger charge is 2.13. The van der Waals surface area contributed by atoms with Crippen LogP contribution in [0.3, 0.4) is 0 Å². The lowest BCUT2D eigenvalue weighted by Gasteiger charge is -2.19. The van der Waals surface area contributed by atoms with Gasteiger partial charge in [-0.05, 0) is 24.5 Å². The maximum Gasteiger partial charge on any atom is 0.260 e. The van der Waals surface area contributed by atoms with Crippen molar-refractivity contribution in [2.24, 2.45) is 16.8 Å². The van der Waals surface area contributed by atoms with E-state index in [1.807, 2.05) is 0 Å². The molecule has 116 valence electrons. The third kappa shape index (κ3) is 5.33. The van der Waals surface area contributed by atoms with Gasteiger partial charge < -0.3 is 20.6 Å². The Balaban J connectivity index is 2.61. The number of para-hydroxylation sites is 1. The molecule has 0 aliphatic rings. The number of rotatable bonds is 7. The minimum absolute atomic E-state index is 0.0498. The summed E-state index contributed by atoms with van der Waals surface area (Å²) in [6.45, 7) is 4.84. The number of likely N-dealkylation sites (N-methyl/N-ethyl adjacent to an activating group) is 1. The second-order valence-corrected chi connectivity index (χ2v) is 5.27. The molecule has 0 aromatic heterocycles. The van der Waals surface area contributed by atoms with E-state index in [0.717, 1.165) is 6.42 Å². The molecular weight excluding hydrogens is 270 g/mol. The molecule has 0 heterocycles. The first kappa shape index (κ1) is 16.8. The van der Waals surface area contributed by atoms with Crippen LogP contribution in [0.2, 0.25) is 0 Å². The van der Waals surface area contributed by atoms with E-state index in [1.165, 1.54) is 0 Å². The van der Waals surface area contributed by atoms with Gasteiger partial charge >= 0.3 is 0 Å². The molecule has 1 rings (SSSR count). The summed E-state index contributed by atoms with van der Waals surface area (Å²) < 4.78 is 5.49. The molecule has 0 aliphatic carbocycles. The Bertz CT molecular complexity index is 501. The van der Waals surface area contributed by atoms with Gasteiger partial charge in [0.1, 0.15) is 5.75 Å². The molecule has 0 unspecified atom stereocenters. The Kier molecular flexibility index (Phi) is 6.52. The molecule has 0 saturated heterocycles. The minimum Gasteiger partial charge on any atom is -0.483 e. The highest BCUT2D eigenvalue weighted by Crippen LogP contribution is 2.17. The van der Waals surface area contributed by atoms with E-state index in [9.17, 15) is 4.79 Å². The number of hydrogen-bond acceptors (Lipinski definition) is 4. The van der Waals surface area contributed by atoms with Gasteiger partial charge in [0.25, 0.3) is 5.91 Å². The second kappa shape index (κ2) is 8.14. The molecular formula is C15H23N3O3. The summed E-state index contributed by atoms with van der Waals surface area (Å²) in [5, 5.41) is 11.7. The van der Waals surface area contributed by atoms with Gasteiger partial charge in [-0.1, -0.05) is 31.1 Å². The molecule has 6 nitrogen and oxygen atoms in total. The molecule has 0 saturated carbocycles. The first-order chi connectivity index (χ1) is 9.95. The van der Waals surface area contributed by atoms with E-state index < -0.39 is 0 Å². The summed E-state index contributed by atoms with van der Waals surface area (Å²) >= 11 is 0. The number of amides is 1. The fourth-order valence-corrected chi connectivity index (χ4v) is 1.68. The van der Waals surface area contributed by atoms with E-state index in [0.29, 0.717) is 23.8 Å². The van der Waals surface area contributed by atoms with Gasteiger partial charge in [-0.3, -0.25) is 4.79 Å². The number of ether oxygens (including phenoxy) is 1. The van der Waals surface area contributed by atoms with Crippen LogP contribution in [-0.4, -0.2) is 42.0 Å². The van der Waals surface area contributed by atoms with Gasteiger partial charge in [0.05, 0.1) is 5.56 Å². The number of nitrogens with two attached hydrogens (primary N) is 1. The minimum atomic E-state index is -0.107. The van der Waals surface area contributed by atoms with E-state index in [4.69, 9.17) is 15.7 Å². The van der Waals surface area contributed by atoms with Crippen LogP contribution in [0, 0.1) is 5.92 Å². The summed E-state index contributed by atoms with van der Waals surface area (Å²) in [6, 6.07) is 6.85. The molecule has 0 fully saturated rings. The van der Waals surface area contributed by atoms with Crippen LogP contribution in [0.25, 0.3) is 0 Å². The predicted octanol–water partition coefficient (Wildman–Crippen LogP) is 1.66. The Morgan fingerprint density at radius 1 is 1.43 bits per heavy atom. The predicted molar refractivity (Wildman–Crippen MR) is 81.5 cm³/mol. The van der Waals surface area contributed by atoms with Crippen molar-refractivity contribution >= 4 is 11.7 Å². The van der Waals surface area contributed by atoms with E-state index >= 15 is 0 Å². The van der Waals surface area contributed by atoms with Gasteiger partial charge in [-0.2, -0.15) is 0 Å². The van der Waals surface area contributed by atoms with Crippen molar-refractivity contribution < 1.29 is 14.7 Å². The molecule has 6 heteroatoms. The maximum absolute atomic E-state index is 12.0. The van der Waals surface area contributed by atoms with Gasteiger partial charge in [-0.15, -0.1) is 0 Å². The second-order valence-electron chi connectivity index (χ2n) is 5.27. The van der Waals surface area contributed by atoms with Crippen molar-refractivity contribution in [3.8, 4) is 5.75 Å². The summed E-state index contributed by atoms with van der Waals surface area (Å²) in [5.41, 5.74) is 6.02. The van der Waals surface area contributed by atoms with E-state index in [-0.39, 0.29) is 18.3 Å². The SMILES string of the molecule is CC(C)CCN(C)C(=O)COc1ccccc1C(N)=NO. The summed E-state index contributed by atoms with van der Waals surface area (Å²) in [5.74, 6) is 0.803. The van der Waals surface area contributed by atoms with Gasteiger partial charge in [-0.25, -0.2) is 0 Å². The highest BCUT2D eigenvalue weighted by molar-refractivity contribution is 5.99. The van der Waals surface area contributed by atoms with Gasteiger partial charge in [0.2, 0.25) is 0 Å². The zero-order chi connectivity index (χ0) is 15.8. The molecule has 0 bridgehead atoms. The Hall–Kier alpha value is -2.24. The van der Waals surface area contributed by atoms with Crippen LogP contribution >= 0.6 is 0 Å². The fraction of sp³-hybridized carbons (Fsp3) is 0.467. The number of carbonyl (C=O) groups is 1. The maximum atomic E-state index is 12.0. The first-order valence-electron chi connectivity index (χ1n) is 6.89. The van der Waals surface area contributed by atoms with Crippen LogP contribution in [0.4, 0.5) is 0 Å². The van der Waals surface area contributed by atoms with Crippen molar-refractivity contribution in [3.63, 3.8) is 0 Å². The van der Waals surface area contributed by atoms with Gasteiger partial charge in [0.15, 0.2) is 12.4 Å². The Morgan fingerprint density at radius 2 is 2.10 bits per heavy atom. The quantitative estimate of drug-likeness (QED) is 0.346. The lowest BCUT2D eigenvalue weighted by Crippen LogP contribution is -2.33. The summed E-state index contributed by atoms with van der Waals surface area (Å²) in [7, 11) is 1.75. The zero-order valence-corrected chi connectivity index (χ0v) is 12.7. The molecule has 21 heavy (non-hydrogen) atoms. The Labute approximate surface area is 125 Å². The lowest BCUT2D eigenvalue weighted by molar-refractivity contribution is -0.132. The number of amidine groups is 1. The largest absolute Gasteiger partial charge is 0.483 e. The number of carbonyl (C=O) groups excluding carboxylic acids is 1. The molecule has 1 aromatic rings. The van der Waals surface area contributed by atoms with Crippen molar-refractivity contribution in [1.82, 2.24) is 4.90 Å². The molecule has 3 N–H and O–H groups in total. The number of hydrogen-bond donors (Lipinski definition) is 2. The summed E-state index contributed by atoms with van der Waals surface area (Å²) in [4.78, 5) is 13.6. The van der Waals surface area contributed by atoms with Crippen LogP contribution in [0.15, 0.2) is 29.4 Å². The average molecular weight is 293 g/mol. The van der Waals surface area contributed by atoms with E-state index in [2.05, 4.69) is 19.0 Å². The summed E-state index contributed by atoms with van der Waals surface area (Å²) in [6.07, 6.45) is 0.947. The average Bonchev–Trinajstić information content (AvgIpc) is 2.49. The first-order valence-corrected chi connectivity index (χ1v) is 6.89. The molecule has 1 aromatic carbocycles. The van der Waals surface area contributed by atoms with Crippen molar-refractivity contribution in [3.05, 3.63) is 29.8 Å². The van der Waals surface area contributed by atoms with Crippen molar-refractivity contribution in [2.75, 3.05) is 20.2 Å². The van der Waals surface area contributed by atoms with Crippen LogP contribution in [0.5, 0.6) is 5.75 Å². The standard InChI is InChI=1S/C15H23N3O3/c1-11(2)8-9-18(3)14(19)10-21-13-7-5-4-6-12(13)15(16)17-20/h4-7,11,20H,8-10H2,1-3H3,(H2,16,17).